The maximum atomic E-state index is 14.1. The van der Waals surface area contributed by atoms with Crippen molar-refractivity contribution in [2.24, 2.45) is 5.92 Å². The van der Waals surface area contributed by atoms with E-state index in [1.165, 1.54) is 19.4 Å². The number of hydrogen-bond donors (Lipinski definition) is 1. The molecule has 5 heterocycles. The lowest BCUT2D eigenvalue weighted by atomic mass is 9.91. The van der Waals surface area contributed by atoms with Crippen molar-refractivity contribution < 1.29 is 36.7 Å². The van der Waals surface area contributed by atoms with Crippen molar-refractivity contribution >= 4 is 21.5 Å². The lowest BCUT2D eigenvalue weighted by Crippen LogP contribution is -2.41. The molecule has 0 spiro atoms. The zero-order valence-corrected chi connectivity index (χ0v) is 29.6. The van der Waals surface area contributed by atoms with Gasteiger partial charge in [-0.2, -0.15) is 14.6 Å². The molecular formula is C36H41FN6O7S. The van der Waals surface area contributed by atoms with Crippen molar-refractivity contribution in [3.05, 3.63) is 89.3 Å². The second-order valence-electron chi connectivity index (χ2n) is 12.8. The van der Waals surface area contributed by atoms with Gasteiger partial charge in [0.1, 0.15) is 27.3 Å². The maximum absolute atomic E-state index is 14.1. The summed E-state index contributed by atoms with van der Waals surface area (Å²) in [5.74, 6) is -1.18. The Morgan fingerprint density at radius 1 is 1.08 bits per heavy atom. The Morgan fingerprint density at radius 3 is 2.55 bits per heavy atom. The third kappa shape index (κ3) is 8.50. The van der Waals surface area contributed by atoms with E-state index in [4.69, 9.17) is 19.4 Å². The molecule has 2 atom stereocenters. The molecule has 1 amide bonds. The van der Waals surface area contributed by atoms with Crippen LogP contribution in [0.5, 0.6) is 5.88 Å². The number of aromatic nitrogens is 4. The summed E-state index contributed by atoms with van der Waals surface area (Å²) in [5.41, 5.74) is 4.04. The van der Waals surface area contributed by atoms with Crippen LogP contribution in [-0.4, -0.2) is 96.4 Å². The highest BCUT2D eigenvalue weighted by Crippen LogP contribution is 2.37. The van der Waals surface area contributed by atoms with Crippen LogP contribution in [-0.2, 0) is 30.6 Å². The number of Topliss-reactive ketones (excluding diaryl/α,β-unsaturated/α-hetero) is 1. The van der Waals surface area contributed by atoms with Gasteiger partial charge in [-0.3, -0.25) is 14.4 Å². The number of carbonyl (C=O) groups is 2. The number of hydroxylamine groups is 2. The molecule has 51 heavy (non-hydrogen) atoms. The SMILES string of the molecule is COCCN1C[C@@H](CC(=O)Cc2c(C)c(-c3cnc(OC)c(C(=O)NC4CCS(=O)(=O)CC4)c3)nn2-c2ccccc2)[C@H](c2ccnc(F)c2)O1. The van der Waals surface area contributed by atoms with Crippen LogP contribution in [0.3, 0.4) is 0 Å². The molecule has 2 fully saturated rings. The molecule has 270 valence electrons. The Balaban J connectivity index is 1.28. The van der Waals surface area contributed by atoms with Crippen LogP contribution in [0.4, 0.5) is 4.39 Å². The first-order valence-corrected chi connectivity index (χ1v) is 18.6. The minimum Gasteiger partial charge on any atom is -0.480 e. The fourth-order valence-corrected chi connectivity index (χ4v) is 8.13. The van der Waals surface area contributed by atoms with E-state index in [1.807, 2.05) is 37.3 Å². The minimum absolute atomic E-state index is 0.0216. The van der Waals surface area contributed by atoms with Crippen molar-refractivity contribution in [3.63, 3.8) is 0 Å². The van der Waals surface area contributed by atoms with E-state index in [2.05, 4.69) is 15.3 Å². The number of para-hydroxylation sites is 1. The summed E-state index contributed by atoms with van der Waals surface area (Å²) in [5, 5.41) is 9.62. The number of benzene rings is 1. The molecule has 0 saturated carbocycles. The van der Waals surface area contributed by atoms with Gasteiger partial charge in [0.2, 0.25) is 11.8 Å². The van der Waals surface area contributed by atoms with E-state index in [9.17, 15) is 22.4 Å². The van der Waals surface area contributed by atoms with E-state index in [0.717, 1.165) is 11.3 Å². The smallest absolute Gasteiger partial charge is 0.257 e. The van der Waals surface area contributed by atoms with Gasteiger partial charge in [0, 0.05) is 63.0 Å². The molecule has 2 aliphatic heterocycles. The predicted octanol–water partition coefficient (Wildman–Crippen LogP) is 3.85. The molecule has 0 bridgehead atoms. The summed E-state index contributed by atoms with van der Waals surface area (Å²) in [6, 6.07) is 13.8. The normalized spacial score (nSPS) is 19.2. The molecule has 3 aromatic heterocycles. The van der Waals surface area contributed by atoms with E-state index in [-0.39, 0.29) is 53.5 Å². The third-order valence-corrected chi connectivity index (χ3v) is 11.0. The number of halogens is 1. The van der Waals surface area contributed by atoms with Gasteiger partial charge >= 0.3 is 0 Å². The number of amides is 1. The molecule has 15 heteroatoms. The number of nitrogens with one attached hydrogen (secondary N) is 1. The summed E-state index contributed by atoms with van der Waals surface area (Å²) in [4.78, 5) is 41.6. The number of ketones is 1. The number of pyridine rings is 2. The van der Waals surface area contributed by atoms with E-state index in [0.29, 0.717) is 55.1 Å². The number of rotatable bonds is 13. The average Bonchev–Trinajstić information content (AvgIpc) is 3.68. The molecular weight excluding hydrogens is 679 g/mol. The number of hydrogen-bond acceptors (Lipinski definition) is 11. The molecule has 1 aromatic carbocycles. The Labute approximate surface area is 296 Å². The van der Waals surface area contributed by atoms with Crippen LogP contribution >= 0.6 is 0 Å². The second-order valence-corrected chi connectivity index (χ2v) is 15.2. The molecule has 6 rings (SSSR count). The average molecular weight is 721 g/mol. The van der Waals surface area contributed by atoms with Crippen LogP contribution in [0.2, 0.25) is 0 Å². The Hall–Kier alpha value is -4.57. The predicted molar refractivity (Wildman–Crippen MR) is 186 cm³/mol. The first kappa shape index (κ1) is 36.2. The van der Waals surface area contributed by atoms with Gasteiger partial charge < -0.3 is 14.8 Å². The summed E-state index contributed by atoms with van der Waals surface area (Å²) in [6.45, 7) is 3.27. The molecule has 13 nitrogen and oxygen atoms in total. The summed E-state index contributed by atoms with van der Waals surface area (Å²) in [6.07, 6.45) is 3.32. The van der Waals surface area contributed by atoms with Crippen LogP contribution in [0.15, 0.2) is 60.9 Å². The maximum Gasteiger partial charge on any atom is 0.257 e. The largest absolute Gasteiger partial charge is 0.480 e. The summed E-state index contributed by atoms with van der Waals surface area (Å²) in [7, 11) is -0.0665. The lowest BCUT2D eigenvalue weighted by Gasteiger charge is -2.23. The third-order valence-electron chi connectivity index (χ3n) is 9.30. The van der Waals surface area contributed by atoms with Crippen molar-refractivity contribution in [3.8, 4) is 22.8 Å². The van der Waals surface area contributed by atoms with Crippen LogP contribution in [0, 0.1) is 18.8 Å². The number of carbonyl (C=O) groups excluding carboxylic acids is 2. The lowest BCUT2D eigenvalue weighted by molar-refractivity contribution is -0.155. The molecule has 2 aliphatic rings. The molecule has 0 unspecified atom stereocenters. The summed E-state index contributed by atoms with van der Waals surface area (Å²) < 4.78 is 50.3. The number of nitrogens with zero attached hydrogens (tertiary/aromatic N) is 5. The topological polar surface area (TPSA) is 155 Å². The first-order valence-electron chi connectivity index (χ1n) is 16.8. The zero-order valence-electron chi connectivity index (χ0n) is 28.7. The molecule has 2 saturated heterocycles. The van der Waals surface area contributed by atoms with E-state index >= 15 is 0 Å². The van der Waals surface area contributed by atoms with Gasteiger partial charge in [-0.05, 0) is 61.2 Å². The van der Waals surface area contributed by atoms with E-state index in [1.54, 1.807) is 35.2 Å². The van der Waals surface area contributed by atoms with Crippen molar-refractivity contribution in [1.29, 1.82) is 0 Å². The number of sulfone groups is 1. The molecule has 1 N–H and O–H groups in total. The fourth-order valence-electron chi connectivity index (χ4n) is 6.63. The van der Waals surface area contributed by atoms with Gasteiger partial charge in [-0.1, -0.05) is 18.2 Å². The highest BCUT2D eigenvalue weighted by Gasteiger charge is 2.37. The Morgan fingerprint density at radius 2 is 1.84 bits per heavy atom. The molecule has 0 aliphatic carbocycles. The quantitative estimate of drug-likeness (QED) is 0.200. The van der Waals surface area contributed by atoms with Gasteiger partial charge in [-0.25, -0.2) is 23.1 Å². The molecule has 4 aromatic rings. The van der Waals surface area contributed by atoms with Gasteiger partial charge in [0.05, 0.1) is 42.3 Å². The van der Waals surface area contributed by atoms with Gasteiger partial charge in [-0.15, -0.1) is 0 Å². The van der Waals surface area contributed by atoms with E-state index < -0.39 is 27.8 Å². The van der Waals surface area contributed by atoms with Crippen molar-refractivity contribution in [2.45, 2.75) is 44.8 Å². The highest BCUT2D eigenvalue weighted by atomic mass is 32.2. The van der Waals surface area contributed by atoms with Crippen LogP contribution in [0.1, 0.15) is 52.5 Å². The highest BCUT2D eigenvalue weighted by molar-refractivity contribution is 7.91. The number of ether oxygens (including phenoxy) is 2. The van der Waals surface area contributed by atoms with Crippen LogP contribution < -0.4 is 10.1 Å². The Bertz CT molecular complexity index is 1980. The fraction of sp³-hybridized carbons (Fsp3) is 0.417. The first-order chi connectivity index (χ1) is 24.5. The van der Waals surface area contributed by atoms with Crippen LogP contribution in [0.25, 0.3) is 16.9 Å². The minimum atomic E-state index is -3.09. The van der Waals surface area contributed by atoms with Crippen molar-refractivity contribution in [1.82, 2.24) is 30.1 Å². The monoisotopic (exact) mass is 720 g/mol. The molecule has 0 radical (unpaired) electrons. The second kappa shape index (κ2) is 15.8. The van der Waals surface area contributed by atoms with Gasteiger partial charge in [0.15, 0.2) is 0 Å². The van der Waals surface area contributed by atoms with Crippen molar-refractivity contribution in [2.75, 3.05) is 45.4 Å². The number of methoxy groups -OCH3 is 2. The van der Waals surface area contributed by atoms with Gasteiger partial charge in [0.25, 0.3) is 5.91 Å². The summed E-state index contributed by atoms with van der Waals surface area (Å²) >= 11 is 0. The standard InChI is InChI=1S/C36H41FN6O7S/c1-23-31(20-29(44)17-26-22-42(13-14-48-2)50-34(26)24-9-12-38-32(37)19-24)43(28-7-5-4-6-8-28)41-33(23)25-18-30(36(49-3)39-21-25)35(45)40-27-10-15-51(46,47)16-11-27/h4-9,12,18-19,21,26-27,34H,10-11,13-17,20,22H2,1-3H3,(H,40,45)/t26-,34+/m1/s1. The zero-order chi connectivity index (χ0) is 36.1. The Kier molecular flexibility index (Phi) is 11.2.